The van der Waals surface area contributed by atoms with Crippen LogP contribution in [-0.2, 0) is 85.5 Å². The van der Waals surface area contributed by atoms with Crippen LogP contribution in [0.25, 0.3) is 6.08 Å². The van der Waals surface area contributed by atoms with Gasteiger partial charge in [0.25, 0.3) is 0 Å². The van der Waals surface area contributed by atoms with Crippen molar-refractivity contribution < 1.29 is 121 Å². The smallest absolute Gasteiger partial charge is 0.331 e. The number of carbonyl (C=O) groups is 4. The van der Waals surface area contributed by atoms with Gasteiger partial charge in [0, 0.05) is 18.9 Å². The van der Waals surface area contributed by atoms with Crippen molar-refractivity contribution in [2.24, 2.45) is 5.92 Å². The van der Waals surface area contributed by atoms with E-state index in [0.29, 0.717) is 44.1 Å². The third kappa shape index (κ3) is 22.3. The minimum absolute atomic E-state index is 0.0394. The standard InChI is InChI=1S/C70H112O25/c1-10-13-15-16-18-22-30-36-48(72)90-64-63(95-66-54(78)52(76)50(74)40(5)82-66)59(93-68-61(89-49(73)38-37-45-31-26-24-27-32-45)55(79)57(42(7)84-68)91-65(81)39(4)12-3)44(9)86-70(64)92-58-43(8)85-69-62(56(58)80)88-47(71)35-29-23-20-17-19-21-28-34-46(33-25-14-11-2)87-67-60(94-69)53(77)51(75)41(6)83-67/h24,26-27,31-32,37-44,46,50-64,66-70,74-80H,10-23,25,28-30,33-36H2,1-9H3/b38-37+/t39-,40-,41+,42-,43-,44-,46-,50-,51-,52+,53-,54+,55+,56+,57-,58-,59-,60+,61+,62+,63+,64+,66-,67-,68-,69-,70-/m0/s1. The summed E-state index contributed by atoms with van der Waals surface area (Å²) in [5.41, 5.74) is 0.645. The lowest BCUT2D eigenvalue weighted by Crippen LogP contribution is -2.68. The van der Waals surface area contributed by atoms with Crippen LogP contribution in [0.1, 0.15) is 209 Å². The molecule has 6 fully saturated rings. The summed E-state index contributed by atoms with van der Waals surface area (Å²) in [4.78, 5) is 55.7. The van der Waals surface area contributed by atoms with E-state index in [2.05, 4.69) is 13.8 Å². The molecule has 0 aromatic heterocycles. The second kappa shape index (κ2) is 39.2. The number of unbranched alkanes of at least 4 members (excludes halogenated alkanes) is 8. The van der Waals surface area contributed by atoms with Gasteiger partial charge < -0.3 is 102 Å². The van der Waals surface area contributed by atoms with Crippen LogP contribution >= 0.6 is 0 Å². The molecule has 7 N–H and O–H groups in total. The average Bonchev–Trinajstić information content (AvgIpc) is 0.769. The van der Waals surface area contributed by atoms with Crippen LogP contribution in [0.15, 0.2) is 36.4 Å². The van der Waals surface area contributed by atoms with Gasteiger partial charge >= 0.3 is 23.9 Å². The highest BCUT2D eigenvalue weighted by Gasteiger charge is 2.59. The molecule has 0 spiro atoms. The zero-order valence-electron chi connectivity index (χ0n) is 57.2. The summed E-state index contributed by atoms with van der Waals surface area (Å²) in [6, 6.07) is 8.85. The first kappa shape index (κ1) is 78.5. The van der Waals surface area contributed by atoms with Crippen LogP contribution in [0, 0.1) is 5.92 Å². The van der Waals surface area contributed by atoms with Gasteiger partial charge in [-0.1, -0.05) is 154 Å². The Bertz CT molecular complexity index is 2460. The largest absolute Gasteiger partial charge is 0.456 e. The molecule has 0 amide bonds. The van der Waals surface area contributed by atoms with Crippen molar-refractivity contribution in [3.63, 3.8) is 0 Å². The van der Waals surface area contributed by atoms with Crippen LogP contribution in [0.4, 0.5) is 0 Å². The number of hydrogen-bond donors (Lipinski definition) is 7. The van der Waals surface area contributed by atoms with Crippen molar-refractivity contribution in [1.29, 1.82) is 0 Å². The van der Waals surface area contributed by atoms with E-state index < -0.39 is 183 Å². The van der Waals surface area contributed by atoms with E-state index in [1.54, 1.807) is 51.1 Å². The van der Waals surface area contributed by atoms with Crippen molar-refractivity contribution in [1.82, 2.24) is 0 Å². The van der Waals surface area contributed by atoms with E-state index in [4.69, 9.17) is 66.3 Å². The fraction of sp³-hybridized carbons (Fsp3) is 0.829. The predicted molar refractivity (Wildman–Crippen MR) is 341 cm³/mol. The fourth-order valence-corrected chi connectivity index (χ4v) is 12.9. The predicted octanol–water partition coefficient (Wildman–Crippen LogP) is 6.81. The average molecular weight is 1350 g/mol. The van der Waals surface area contributed by atoms with Gasteiger partial charge in [0.15, 0.2) is 55.9 Å². The first-order valence-corrected chi connectivity index (χ1v) is 35.4. The van der Waals surface area contributed by atoms with Crippen LogP contribution < -0.4 is 0 Å². The number of carbonyl (C=O) groups excluding carboxylic acids is 4. The lowest BCUT2D eigenvalue weighted by atomic mass is 9.95. The summed E-state index contributed by atoms with van der Waals surface area (Å²) in [6.07, 6.45) is -20.2. The van der Waals surface area contributed by atoms with Crippen LogP contribution in [0.3, 0.4) is 0 Å². The molecule has 6 aliphatic heterocycles. The van der Waals surface area contributed by atoms with Crippen LogP contribution in [0.5, 0.6) is 0 Å². The summed E-state index contributed by atoms with van der Waals surface area (Å²) in [5.74, 6) is -3.67. The number of benzene rings is 1. The summed E-state index contributed by atoms with van der Waals surface area (Å²) in [5, 5.41) is 81.9. The molecule has 7 rings (SSSR count). The number of ether oxygens (including phenoxy) is 14. The lowest BCUT2D eigenvalue weighted by Gasteiger charge is -2.51. The molecular formula is C70H112O25. The Morgan fingerprint density at radius 2 is 1.06 bits per heavy atom. The Balaban J connectivity index is 1.26. The molecule has 0 aliphatic carbocycles. The monoisotopic (exact) mass is 1350 g/mol. The zero-order valence-corrected chi connectivity index (χ0v) is 57.2. The zero-order chi connectivity index (χ0) is 68.9. The highest BCUT2D eigenvalue weighted by Crippen LogP contribution is 2.40. The van der Waals surface area contributed by atoms with E-state index in [1.165, 1.54) is 33.8 Å². The SMILES string of the molecule is CCCCCCCCCC(=O)O[C@H]1[C@H](O[C@@H]2[C@@H](O)[C@H]3OC(=O)CCCCCCCCC[C@H](CCCCC)O[C@@H]4O[C@H](C)[C@H](O)[C@H](O)[C@H]4O[C@@H]3O[C@H]2C)O[C@@H](C)[C@H](O[C@@H]2O[C@@H](C)[C@H](OC(=O)[C@@H](C)CC)[C@@H](O)[C@H]2OC(=O)/C=C/c2ccccc2)[C@H]1O[C@@H]1O[C@@H](C)[C@H](O)[C@@H](O)[C@H]1O. The topological polar surface area (TPSA) is 339 Å². The van der Waals surface area contributed by atoms with Crippen molar-refractivity contribution in [3.8, 4) is 0 Å². The lowest BCUT2D eigenvalue weighted by molar-refractivity contribution is -0.399. The second-order valence-corrected chi connectivity index (χ2v) is 26.8. The molecule has 95 heavy (non-hydrogen) atoms. The highest BCUT2D eigenvalue weighted by atomic mass is 16.8. The van der Waals surface area contributed by atoms with Crippen molar-refractivity contribution in [2.45, 2.75) is 363 Å². The van der Waals surface area contributed by atoms with E-state index >= 15 is 0 Å². The molecule has 27 atom stereocenters. The normalized spacial score (nSPS) is 39.1. The van der Waals surface area contributed by atoms with Gasteiger partial charge in [0.05, 0.1) is 42.5 Å². The number of rotatable bonds is 25. The van der Waals surface area contributed by atoms with Gasteiger partial charge in [0.2, 0.25) is 0 Å². The van der Waals surface area contributed by atoms with Crippen LogP contribution in [0.2, 0.25) is 0 Å². The van der Waals surface area contributed by atoms with Crippen molar-refractivity contribution >= 4 is 30.0 Å². The van der Waals surface area contributed by atoms with Gasteiger partial charge in [-0.3, -0.25) is 14.4 Å². The number of aliphatic hydroxyl groups is 7. The van der Waals surface area contributed by atoms with E-state index in [0.717, 1.165) is 96.0 Å². The Morgan fingerprint density at radius 3 is 1.76 bits per heavy atom. The Morgan fingerprint density at radius 1 is 0.505 bits per heavy atom. The number of fused-ring (bicyclic) bond motifs is 2. The Kier molecular flexibility index (Phi) is 32.4. The van der Waals surface area contributed by atoms with Crippen molar-refractivity contribution in [2.75, 3.05) is 0 Å². The molecule has 0 radical (unpaired) electrons. The highest BCUT2D eigenvalue weighted by molar-refractivity contribution is 5.87. The molecule has 25 nitrogen and oxygen atoms in total. The maximum absolute atomic E-state index is 14.5. The first-order chi connectivity index (χ1) is 45.5. The molecule has 0 saturated carbocycles. The summed E-state index contributed by atoms with van der Waals surface area (Å²) < 4.78 is 89.8. The fourth-order valence-electron chi connectivity index (χ4n) is 12.9. The maximum Gasteiger partial charge on any atom is 0.331 e. The molecule has 6 aliphatic rings. The molecule has 542 valence electrons. The maximum atomic E-state index is 14.5. The number of aliphatic hydroxyl groups excluding tert-OH is 7. The molecule has 6 heterocycles. The summed E-state index contributed by atoms with van der Waals surface area (Å²) >= 11 is 0. The molecular weight excluding hydrogens is 1240 g/mol. The van der Waals surface area contributed by atoms with Gasteiger partial charge in [-0.25, -0.2) is 4.79 Å². The van der Waals surface area contributed by atoms with Gasteiger partial charge in [-0.05, 0) is 78.4 Å². The minimum atomic E-state index is -1.95. The molecule has 1 aromatic rings. The molecule has 0 bridgehead atoms. The quantitative estimate of drug-likeness (QED) is 0.0229. The van der Waals surface area contributed by atoms with Gasteiger partial charge in [0.1, 0.15) is 67.1 Å². The van der Waals surface area contributed by atoms with Gasteiger partial charge in [-0.15, -0.1) is 0 Å². The molecule has 6 saturated heterocycles. The summed E-state index contributed by atoms with van der Waals surface area (Å²) in [7, 11) is 0. The Hall–Kier alpha value is -3.84. The number of hydrogen-bond acceptors (Lipinski definition) is 25. The van der Waals surface area contributed by atoms with E-state index in [-0.39, 0.29) is 18.9 Å². The second-order valence-electron chi connectivity index (χ2n) is 26.8. The minimum Gasteiger partial charge on any atom is -0.456 e. The van der Waals surface area contributed by atoms with Gasteiger partial charge in [-0.2, -0.15) is 0 Å². The van der Waals surface area contributed by atoms with E-state index in [1.807, 2.05) is 0 Å². The van der Waals surface area contributed by atoms with Crippen molar-refractivity contribution in [3.05, 3.63) is 42.0 Å². The molecule has 1 aromatic carbocycles. The third-order valence-corrected chi connectivity index (χ3v) is 19.1. The first-order valence-electron chi connectivity index (χ1n) is 35.4. The molecule has 25 heteroatoms. The van der Waals surface area contributed by atoms with Crippen LogP contribution in [-0.4, -0.2) is 219 Å². The Labute approximate surface area is 560 Å². The number of esters is 4. The molecule has 0 unspecified atom stereocenters. The third-order valence-electron chi connectivity index (χ3n) is 19.1. The van der Waals surface area contributed by atoms with E-state index in [9.17, 15) is 54.9 Å². The summed E-state index contributed by atoms with van der Waals surface area (Å²) in [6.45, 7) is 15.3.